The van der Waals surface area contributed by atoms with Gasteiger partial charge < -0.3 is 9.80 Å². The number of nitrogens with one attached hydrogen (secondary N) is 1. The van der Waals surface area contributed by atoms with E-state index in [2.05, 4.69) is 5.32 Å². The Morgan fingerprint density at radius 3 is 2.38 bits per heavy atom. The molecule has 1 heterocycles. The van der Waals surface area contributed by atoms with Gasteiger partial charge in [0.1, 0.15) is 0 Å². The lowest BCUT2D eigenvalue weighted by Crippen LogP contribution is -2.37. The van der Waals surface area contributed by atoms with E-state index in [1.54, 1.807) is 0 Å². The van der Waals surface area contributed by atoms with Crippen molar-refractivity contribution in [3.63, 3.8) is 0 Å². The van der Waals surface area contributed by atoms with E-state index in [-0.39, 0.29) is 5.91 Å². The largest absolute Gasteiger partial charge is 0.304 e. The highest BCUT2D eigenvalue weighted by atomic mass is 16.2. The van der Waals surface area contributed by atoms with E-state index in [0.717, 1.165) is 11.2 Å². The molecule has 0 spiro atoms. The van der Waals surface area contributed by atoms with Crippen molar-refractivity contribution in [1.82, 2.24) is 5.32 Å². The van der Waals surface area contributed by atoms with Gasteiger partial charge in [0.05, 0.1) is 14.1 Å². The van der Waals surface area contributed by atoms with Crippen LogP contribution in [0, 0.1) is 0 Å². The molecule has 0 unspecified atom stereocenters. The first kappa shape index (κ1) is 5.56. The second-order valence-electron chi connectivity index (χ2n) is 2.85. The van der Waals surface area contributed by atoms with Crippen molar-refractivity contribution < 1.29 is 9.28 Å². The summed E-state index contributed by atoms with van der Waals surface area (Å²) < 4.78 is 0.777. The molecule has 0 aromatic rings. The van der Waals surface area contributed by atoms with Crippen LogP contribution in [-0.2, 0) is 4.79 Å². The molecular formula is C5H11N2O+. The third kappa shape index (κ3) is 0.980. The van der Waals surface area contributed by atoms with Crippen LogP contribution < -0.4 is 5.32 Å². The maximum Gasteiger partial charge on any atom is 0.279 e. The maximum atomic E-state index is 10.5. The predicted molar refractivity (Wildman–Crippen MR) is 30.0 cm³/mol. The molecule has 1 aliphatic heterocycles. The van der Waals surface area contributed by atoms with Crippen molar-refractivity contribution in [2.75, 3.05) is 27.3 Å². The molecule has 0 bridgehead atoms. The van der Waals surface area contributed by atoms with Crippen molar-refractivity contribution in [3.8, 4) is 0 Å². The minimum atomic E-state index is 0.162. The molecule has 1 N–H and O–H groups in total. The molecule has 1 saturated heterocycles. The quantitative estimate of drug-likeness (QED) is 0.409. The number of rotatable bonds is 0. The standard InChI is InChI=1S/C5H10N2O/c1-7(2)3-5(8)6-4-7/h3-4H2,1-2H3/p+1. The van der Waals surface area contributed by atoms with Crippen molar-refractivity contribution >= 4 is 5.91 Å². The number of quaternary nitrogens is 1. The minimum Gasteiger partial charge on any atom is -0.304 e. The van der Waals surface area contributed by atoms with E-state index in [9.17, 15) is 4.79 Å². The molecule has 1 aliphatic rings. The molecular weight excluding hydrogens is 104 g/mol. The van der Waals surface area contributed by atoms with Crippen molar-refractivity contribution in [3.05, 3.63) is 0 Å². The van der Waals surface area contributed by atoms with Gasteiger partial charge in [-0.2, -0.15) is 0 Å². The Kier molecular flexibility index (Phi) is 1.01. The Bertz CT molecular complexity index is 120. The Morgan fingerprint density at radius 1 is 1.62 bits per heavy atom. The fourth-order valence-corrected chi connectivity index (χ4v) is 0.803. The van der Waals surface area contributed by atoms with Gasteiger partial charge in [-0.1, -0.05) is 0 Å². The average molecular weight is 115 g/mol. The lowest BCUT2D eigenvalue weighted by atomic mass is 10.5. The van der Waals surface area contributed by atoms with Crippen LogP contribution in [0.2, 0.25) is 0 Å². The van der Waals surface area contributed by atoms with E-state index < -0.39 is 0 Å². The van der Waals surface area contributed by atoms with Crippen LogP contribution in [0.25, 0.3) is 0 Å². The summed E-state index contributed by atoms with van der Waals surface area (Å²) in [4.78, 5) is 10.5. The molecule has 0 aliphatic carbocycles. The number of likely N-dealkylation sites (N-methyl/N-ethyl adjacent to an activating group) is 1. The van der Waals surface area contributed by atoms with Crippen LogP contribution in [0.15, 0.2) is 0 Å². The first-order valence-electron chi connectivity index (χ1n) is 2.69. The number of nitrogens with zero attached hydrogens (tertiary/aromatic N) is 1. The molecule has 3 nitrogen and oxygen atoms in total. The van der Waals surface area contributed by atoms with Gasteiger partial charge >= 0.3 is 0 Å². The van der Waals surface area contributed by atoms with Gasteiger partial charge in [-0.3, -0.25) is 4.79 Å². The number of amides is 1. The number of hydrogen-bond donors (Lipinski definition) is 1. The summed E-state index contributed by atoms with van der Waals surface area (Å²) in [6, 6.07) is 0. The highest BCUT2D eigenvalue weighted by Gasteiger charge is 2.27. The Morgan fingerprint density at radius 2 is 2.25 bits per heavy atom. The van der Waals surface area contributed by atoms with E-state index in [0.29, 0.717) is 6.54 Å². The molecule has 46 valence electrons. The minimum absolute atomic E-state index is 0.162. The van der Waals surface area contributed by atoms with Crippen LogP contribution >= 0.6 is 0 Å². The summed E-state index contributed by atoms with van der Waals surface area (Å²) in [5, 5.41) is 2.74. The van der Waals surface area contributed by atoms with Gasteiger partial charge in [-0.15, -0.1) is 0 Å². The Labute approximate surface area is 48.9 Å². The molecule has 1 rings (SSSR count). The van der Waals surface area contributed by atoms with Crippen LogP contribution in [0.5, 0.6) is 0 Å². The molecule has 0 atom stereocenters. The SMILES string of the molecule is C[N+]1(C)CNC(=O)C1. The molecule has 1 fully saturated rings. The van der Waals surface area contributed by atoms with Crippen LogP contribution in [0.4, 0.5) is 0 Å². The molecule has 1 amide bonds. The molecule has 0 saturated carbocycles. The summed E-state index contributed by atoms with van der Waals surface area (Å²) in [6.45, 7) is 1.40. The molecule has 3 heteroatoms. The summed E-state index contributed by atoms with van der Waals surface area (Å²) in [6.07, 6.45) is 0. The molecule has 0 aromatic carbocycles. The zero-order valence-corrected chi connectivity index (χ0v) is 5.27. The van der Waals surface area contributed by atoms with Crippen molar-refractivity contribution in [2.24, 2.45) is 0 Å². The number of carbonyl (C=O) groups excluding carboxylic acids is 1. The van der Waals surface area contributed by atoms with Gasteiger partial charge in [-0.25, -0.2) is 0 Å². The fraction of sp³-hybridized carbons (Fsp3) is 0.800. The predicted octanol–water partition coefficient (Wildman–Crippen LogP) is -0.850. The normalized spacial score (nSPS) is 25.5. The lowest BCUT2D eigenvalue weighted by molar-refractivity contribution is -0.875. The third-order valence-electron chi connectivity index (χ3n) is 1.28. The smallest absolute Gasteiger partial charge is 0.279 e. The first-order chi connectivity index (χ1) is 3.60. The first-order valence-corrected chi connectivity index (χ1v) is 2.69. The van der Waals surface area contributed by atoms with Gasteiger partial charge in [0.25, 0.3) is 5.91 Å². The monoisotopic (exact) mass is 115 g/mol. The van der Waals surface area contributed by atoms with Gasteiger partial charge in [0.2, 0.25) is 0 Å². The molecule has 0 radical (unpaired) electrons. The zero-order valence-electron chi connectivity index (χ0n) is 5.27. The molecule has 8 heavy (non-hydrogen) atoms. The topological polar surface area (TPSA) is 29.1 Å². The lowest BCUT2D eigenvalue weighted by Gasteiger charge is -2.18. The summed E-state index contributed by atoms with van der Waals surface area (Å²) in [5.41, 5.74) is 0. The summed E-state index contributed by atoms with van der Waals surface area (Å²) in [7, 11) is 4.05. The highest BCUT2D eigenvalue weighted by Crippen LogP contribution is 1.98. The summed E-state index contributed by atoms with van der Waals surface area (Å²) in [5.74, 6) is 0.162. The third-order valence-corrected chi connectivity index (χ3v) is 1.28. The van der Waals surface area contributed by atoms with Gasteiger partial charge in [-0.05, 0) is 0 Å². The average Bonchev–Trinajstić information content (AvgIpc) is 1.82. The maximum absolute atomic E-state index is 10.5. The second-order valence-corrected chi connectivity index (χ2v) is 2.85. The van der Waals surface area contributed by atoms with Crippen LogP contribution in [0.1, 0.15) is 0 Å². The van der Waals surface area contributed by atoms with Crippen molar-refractivity contribution in [2.45, 2.75) is 0 Å². The zero-order chi connectivity index (χ0) is 6.20. The van der Waals surface area contributed by atoms with E-state index in [1.807, 2.05) is 14.1 Å². The summed E-state index contributed by atoms with van der Waals surface area (Å²) >= 11 is 0. The Hall–Kier alpha value is -0.570. The van der Waals surface area contributed by atoms with Crippen LogP contribution in [-0.4, -0.2) is 37.7 Å². The fourth-order valence-electron chi connectivity index (χ4n) is 0.803. The number of hydrogen-bond acceptors (Lipinski definition) is 1. The van der Waals surface area contributed by atoms with E-state index in [1.165, 1.54) is 0 Å². The second kappa shape index (κ2) is 1.45. The highest BCUT2D eigenvalue weighted by molar-refractivity contribution is 5.78. The van der Waals surface area contributed by atoms with E-state index >= 15 is 0 Å². The van der Waals surface area contributed by atoms with Gasteiger partial charge in [0.15, 0.2) is 13.2 Å². The van der Waals surface area contributed by atoms with E-state index in [4.69, 9.17) is 0 Å². The molecule has 0 aromatic heterocycles. The van der Waals surface area contributed by atoms with Gasteiger partial charge in [0, 0.05) is 0 Å². The number of carbonyl (C=O) groups is 1. The Balaban J connectivity index is 2.56. The van der Waals surface area contributed by atoms with Crippen LogP contribution in [0.3, 0.4) is 0 Å². The van der Waals surface area contributed by atoms with Crippen molar-refractivity contribution in [1.29, 1.82) is 0 Å².